The van der Waals surface area contributed by atoms with Gasteiger partial charge in [-0.15, -0.1) is 11.3 Å². The lowest BCUT2D eigenvalue weighted by Crippen LogP contribution is -2.25. The third-order valence-corrected chi connectivity index (χ3v) is 3.52. The molecule has 0 aliphatic rings. The molecule has 0 aliphatic heterocycles. The van der Waals surface area contributed by atoms with Crippen molar-refractivity contribution in [3.8, 4) is 0 Å². The number of thioether (sulfide) groups is 1. The Bertz CT molecular complexity index is 407. The van der Waals surface area contributed by atoms with E-state index in [2.05, 4.69) is 10.3 Å². The van der Waals surface area contributed by atoms with Crippen molar-refractivity contribution in [2.75, 3.05) is 25.2 Å². The number of thiazole rings is 1. The van der Waals surface area contributed by atoms with Crippen molar-refractivity contribution in [1.29, 1.82) is 0 Å². The van der Waals surface area contributed by atoms with E-state index >= 15 is 0 Å². The van der Waals surface area contributed by atoms with E-state index in [1.165, 1.54) is 0 Å². The topological polar surface area (TPSA) is 68.3 Å². The van der Waals surface area contributed by atoms with Gasteiger partial charge in [-0.05, 0) is 25.4 Å². The SMILES string of the molecule is CCOC(=O)c1nc(C(=O)NCCCSC)cs1. The van der Waals surface area contributed by atoms with Gasteiger partial charge in [-0.2, -0.15) is 11.8 Å². The van der Waals surface area contributed by atoms with Gasteiger partial charge in [0.05, 0.1) is 6.61 Å². The molecular weight excluding hydrogens is 272 g/mol. The molecule has 1 heterocycles. The lowest BCUT2D eigenvalue weighted by molar-refractivity contribution is 0.0526. The van der Waals surface area contributed by atoms with Gasteiger partial charge in [0.1, 0.15) is 5.69 Å². The van der Waals surface area contributed by atoms with Crippen LogP contribution in [0.5, 0.6) is 0 Å². The zero-order valence-corrected chi connectivity index (χ0v) is 12.0. The Balaban J connectivity index is 2.46. The van der Waals surface area contributed by atoms with Crippen molar-refractivity contribution in [2.45, 2.75) is 13.3 Å². The maximum absolute atomic E-state index is 11.7. The molecule has 1 rings (SSSR count). The van der Waals surface area contributed by atoms with E-state index in [0.29, 0.717) is 13.2 Å². The van der Waals surface area contributed by atoms with Crippen molar-refractivity contribution in [3.05, 3.63) is 16.1 Å². The maximum Gasteiger partial charge on any atom is 0.367 e. The normalized spacial score (nSPS) is 10.1. The van der Waals surface area contributed by atoms with Crippen LogP contribution in [-0.4, -0.2) is 42.0 Å². The number of rotatable bonds is 7. The number of nitrogens with zero attached hydrogens (tertiary/aromatic N) is 1. The summed E-state index contributed by atoms with van der Waals surface area (Å²) >= 11 is 2.86. The van der Waals surface area contributed by atoms with E-state index in [1.54, 1.807) is 24.1 Å². The summed E-state index contributed by atoms with van der Waals surface area (Å²) in [6.45, 7) is 2.64. The third kappa shape index (κ3) is 4.66. The van der Waals surface area contributed by atoms with Crippen molar-refractivity contribution in [3.63, 3.8) is 0 Å². The minimum atomic E-state index is -0.482. The average Bonchev–Trinajstić information content (AvgIpc) is 2.84. The largest absolute Gasteiger partial charge is 0.461 e. The first kappa shape index (κ1) is 15.0. The number of hydrogen-bond donors (Lipinski definition) is 1. The lowest BCUT2D eigenvalue weighted by atomic mass is 10.4. The molecule has 100 valence electrons. The molecule has 0 fully saturated rings. The Hall–Kier alpha value is -1.08. The first-order chi connectivity index (χ1) is 8.69. The summed E-state index contributed by atoms with van der Waals surface area (Å²) in [5, 5.41) is 4.54. The standard InChI is InChI=1S/C11H16N2O3S2/c1-3-16-11(15)10-13-8(7-18-10)9(14)12-5-4-6-17-2/h7H,3-6H2,1-2H3,(H,12,14). The Kier molecular flexibility index (Phi) is 6.74. The van der Waals surface area contributed by atoms with Crippen LogP contribution >= 0.6 is 23.1 Å². The van der Waals surface area contributed by atoms with Crippen molar-refractivity contribution >= 4 is 35.0 Å². The Morgan fingerprint density at radius 2 is 2.33 bits per heavy atom. The highest BCUT2D eigenvalue weighted by molar-refractivity contribution is 7.98. The molecule has 0 saturated carbocycles. The fraction of sp³-hybridized carbons (Fsp3) is 0.545. The van der Waals surface area contributed by atoms with Gasteiger partial charge in [-0.3, -0.25) is 4.79 Å². The minimum Gasteiger partial charge on any atom is -0.461 e. The molecule has 0 bridgehead atoms. The second-order valence-electron chi connectivity index (χ2n) is 3.36. The molecule has 1 aromatic heterocycles. The van der Waals surface area contributed by atoms with Gasteiger partial charge in [0.25, 0.3) is 5.91 Å². The van der Waals surface area contributed by atoms with Crippen LogP contribution in [0.4, 0.5) is 0 Å². The number of nitrogens with one attached hydrogen (secondary N) is 1. The van der Waals surface area contributed by atoms with E-state index in [0.717, 1.165) is 23.5 Å². The molecule has 5 nitrogen and oxygen atoms in total. The van der Waals surface area contributed by atoms with Crippen LogP contribution < -0.4 is 5.32 Å². The maximum atomic E-state index is 11.7. The molecule has 0 unspecified atom stereocenters. The molecule has 0 saturated heterocycles. The molecule has 0 atom stereocenters. The highest BCUT2D eigenvalue weighted by Gasteiger charge is 2.15. The number of amides is 1. The minimum absolute atomic E-state index is 0.214. The van der Waals surface area contributed by atoms with Crippen LogP contribution in [0.2, 0.25) is 0 Å². The second kappa shape index (κ2) is 8.10. The zero-order valence-electron chi connectivity index (χ0n) is 10.4. The Morgan fingerprint density at radius 1 is 1.56 bits per heavy atom. The van der Waals surface area contributed by atoms with E-state index in [9.17, 15) is 9.59 Å². The number of carbonyl (C=O) groups is 2. The molecule has 1 amide bonds. The van der Waals surface area contributed by atoms with Gasteiger partial charge in [-0.1, -0.05) is 0 Å². The van der Waals surface area contributed by atoms with Crippen molar-refractivity contribution in [2.24, 2.45) is 0 Å². The third-order valence-electron chi connectivity index (χ3n) is 2.00. The van der Waals surface area contributed by atoms with Crippen LogP contribution in [0.25, 0.3) is 0 Å². The van der Waals surface area contributed by atoms with Crippen LogP contribution in [-0.2, 0) is 4.74 Å². The van der Waals surface area contributed by atoms with E-state index < -0.39 is 5.97 Å². The first-order valence-electron chi connectivity index (χ1n) is 5.58. The summed E-state index contributed by atoms with van der Waals surface area (Å²) < 4.78 is 4.81. The summed E-state index contributed by atoms with van der Waals surface area (Å²) in [6, 6.07) is 0. The molecule has 1 N–H and O–H groups in total. The van der Waals surface area contributed by atoms with Gasteiger partial charge in [0.15, 0.2) is 0 Å². The molecule has 1 aromatic rings. The quantitative estimate of drug-likeness (QED) is 0.612. The summed E-state index contributed by atoms with van der Waals surface area (Å²) in [5.41, 5.74) is 0.271. The van der Waals surface area contributed by atoms with Gasteiger partial charge >= 0.3 is 5.97 Å². The fourth-order valence-corrected chi connectivity index (χ4v) is 2.30. The van der Waals surface area contributed by atoms with E-state index in [-0.39, 0.29) is 16.6 Å². The number of esters is 1. The summed E-state index contributed by atoms with van der Waals surface area (Å²) in [5.74, 6) is 0.276. The Labute approximate surface area is 114 Å². The van der Waals surface area contributed by atoms with Crippen LogP contribution in [0.15, 0.2) is 5.38 Å². The monoisotopic (exact) mass is 288 g/mol. The molecule has 0 aliphatic carbocycles. The van der Waals surface area contributed by atoms with Crippen LogP contribution in [0.1, 0.15) is 33.6 Å². The predicted octanol–water partition coefficient (Wildman–Crippen LogP) is 1.80. The van der Waals surface area contributed by atoms with Crippen molar-refractivity contribution < 1.29 is 14.3 Å². The number of carbonyl (C=O) groups excluding carboxylic acids is 2. The first-order valence-corrected chi connectivity index (χ1v) is 7.86. The lowest BCUT2D eigenvalue weighted by Gasteiger charge is -2.01. The summed E-state index contributed by atoms with van der Waals surface area (Å²) in [6.07, 6.45) is 2.94. The second-order valence-corrected chi connectivity index (χ2v) is 5.20. The average molecular weight is 288 g/mol. The molecule has 7 heteroatoms. The smallest absolute Gasteiger partial charge is 0.367 e. The molecule has 0 radical (unpaired) electrons. The van der Waals surface area contributed by atoms with Gasteiger partial charge in [0, 0.05) is 11.9 Å². The van der Waals surface area contributed by atoms with Crippen LogP contribution in [0, 0.1) is 0 Å². The van der Waals surface area contributed by atoms with E-state index in [1.807, 2.05) is 6.26 Å². The predicted molar refractivity (Wildman–Crippen MR) is 73.4 cm³/mol. The fourth-order valence-electron chi connectivity index (χ4n) is 1.17. The van der Waals surface area contributed by atoms with E-state index in [4.69, 9.17) is 4.74 Å². The number of aromatic nitrogens is 1. The molecule has 18 heavy (non-hydrogen) atoms. The Morgan fingerprint density at radius 3 is 3.00 bits per heavy atom. The van der Waals surface area contributed by atoms with Crippen LogP contribution in [0.3, 0.4) is 0 Å². The summed E-state index contributed by atoms with van der Waals surface area (Å²) in [7, 11) is 0. The number of hydrogen-bond acceptors (Lipinski definition) is 6. The highest BCUT2D eigenvalue weighted by atomic mass is 32.2. The van der Waals surface area contributed by atoms with Crippen molar-refractivity contribution in [1.82, 2.24) is 10.3 Å². The highest BCUT2D eigenvalue weighted by Crippen LogP contribution is 2.11. The molecule has 0 spiro atoms. The number of ether oxygens (including phenoxy) is 1. The molecule has 0 aromatic carbocycles. The zero-order chi connectivity index (χ0) is 13.4. The molecular formula is C11H16N2O3S2. The van der Waals surface area contributed by atoms with Gasteiger partial charge in [0.2, 0.25) is 5.01 Å². The van der Waals surface area contributed by atoms with Gasteiger partial charge < -0.3 is 10.1 Å². The van der Waals surface area contributed by atoms with Gasteiger partial charge in [-0.25, -0.2) is 9.78 Å². The summed E-state index contributed by atoms with van der Waals surface area (Å²) in [4.78, 5) is 27.0.